The lowest BCUT2D eigenvalue weighted by molar-refractivity contribution is 0.206. The highest BCUT2D eigenvalue weighted by atomic mass is 79.9. The molecule has 1 atom stereocenters. The highest BCUT2D eigenvalue weighted by molar-refractivity contribution is 9.10. The van der Waals surface area contributed by atoms with Crippen LogP contribution in [0, 0.1) is 5.82 Å². The Bertz CT molecular complexity index is 586. The molecule has 1 unspecified atom stereocenters. The summed E-state index contributed by atoms with van der Waals surface area (Å²) in [5, 5.41) is 10.4. The average Bonchev–Trinajstić information content (AvgIpc) is 2.47. The lowest BCUT2D eigenvalue weighted by atomic mass is 10.0. The van der Waals surface area contributed by atoms with Crippen LogP contribution in [0.5, 0.6) is 5.75 Å². The van der Waals surface area contributed by atoms with Gasteiger partial charge in [-0.1, -0.05) is 41.1 Å². The number of para-hydroxylation sites is 1. The summed E-state index contributed by atoms with van der Waals surface area (Å²) in [5.74, 6) is 0.146. The molecule has 0 aromatic heterocycles. The second-order valence-corrected chi connectivity index (χ2v) is 5.37. The first kappa shape index (κ1) is 15.0. The summed E-state index contributed by atoms with van der Waals surface area (Å²) in [6.45, 7) is 2.57. The minimum absolute atomic E-state index is 0.229. The van der Waals surface area contributed by atoms with Gasteiger partial charge in [-0.05, 0) is 30.7 Å². The van der Waals surface area contributed by atoms with E-state index < -0.39 is 11.9 Å². The summed E-state index contributed by atoms with van der Waals surface area (Å²) >= 11 is 3.29. The van der Waals surface area contributed by atoms with Crippen molar-refractivity contribution in [1.82, 2.24) is 0 Å². The maximum absolute atomic E-state index is 13.9. The maximum atomic E-state index is 13.9. The highest BCUT2D eigenvalue weighted by Gasteiger charge is 2.19. The Labute approximate surface area is 126 Å². The van der Waals surface area contributed by atoms with Crippen LogP contribution in [0.4, 0.5) is 4.39 Å². The number of aliphatic hydroxyl groups is 1. The van der Waals surface area contributed by atoms with Crippen molar-refractivity contribution in [3.8, 4) is 5.75 Å². The number of hydrogen-bond acceptors (Lipinski definition) is 2. The van der Waals surface area contributed by atoms with Crippen molar-refractivity contribution in [2.75, 3.05) is 6.61 Å². The fourth-order valence-electron chi connectivity index (χ4n) is 1.94. The predicted molar refractivity (Wildman–Crippen MR) is 80.4 cm³/mol. The van der Waals surface area contributed by atoms with Crippen molar-refractivity contribution < 1.29 is 14.2 Å². The van der Waals surface area contributed by atoms with Crippen molar-refractivity contribution >= 4 is 15.9 Å². The Hall–Kier alpha value is -1.39. The molecule has 2 aromatic rings. The van der Waals surface area contributed by atoms with E-state index in [1.807, 2.05) is 13.0 Å². The average molecular weight is 339 g/mol. The zero-order chi connectivity index (χ0) is 14.5. The normalized spacial score (nSPS) is 12.2. The van der Waals surface area contributed by atoms with Crippen LogP contribution in [0.1, 0.15) is 30.6 Å². The minimum Gasteiger partial charge on any atom is -0.493 e. The van der Waals surface area contributed by atoms with Gasteiger partial charge in [0.25, 0.3) is 0 Å². The smallest absolute Gasteiger partial charge is 0.129 e. The molecule has 0 heterocycles. The van der Waals surface area contributed by atoms with Crippen LogP contribution >= 0.6 is 15.9 Å². The van der Waals surface area contributed by atoms with Crippen molar-refractivity contribution in [3.05, 3.63) is 63.9 Å². The van der Waals surface area contributed by atoms with E-state index >= 15 is 0 Å². The highest BCUT2D eigenvalue weighted by Crippen LogP contribution is 2.32. The van der Waals surface area contributed by atoms with Gasteiger partial charge in [0.2, 0.25) is 0 Å². The third-order valence-corrected chi connectivity index (χ3v) is 3.42. The van der Waals surface area contributed by atoms with Crippen LogP contribution in [0.3, 0.4) is 0 Å². The van der Waals surface area contributed by atoms with Gasteiger partial charge in [-0.3, -0.25) is 0 Å². The van der Waals surface area contributed by atoms with Gasteiger partial charge < -0.3 is 9.84 Å². The van der Waals surface area contributed by atoms with Crippen molar-refractivity contribution in [2.24, 2.45) is 0 Å². The molecule has 2 aromatic carbocycles. The Balaban J connectivity index is 2.37. The van der Waals surface area contributed by atoms with E-state index in [0.717, 1.165) is 10.9 Å². The number of rotatable bonds is 5. The molecule has 0 aliphatic carbocycles. The van der Waals surface area contributed by atoms with Gasteiger partial charge in [0, 0.05) is 15.6 Å². The summed E-state index contributed by atoms with van der Waals surface area (Å²) in [6.07, 6.45) is -0.184. The monoisotopic (exact) mass is 338 g/mol. The first-order valence-corrected chi connectivity index (χ1v) is 7.27. The Morgan fingerprint density at radius 3 is 2.70 bits per heavy atom. The second kappa shape index (κ2) is 6.86. The molecule has 106 valence electrons. The number of halogens is 2. The molecule has 4 heteroatoms. The lowest BCUT2D eigenvalue weighted by Gasteiger charge is -2.17. The van der Waals surface area contributed by atoms with E-state index in [4.69, 9.17) is 4.74 Å². The molecule has 0 radical (unpaired) electrons. The van der Waals surface area contributed by atoms with Crippen LogP contribution in [-0.4, -0.2) is 11.7 Å². The molecular weight excluding hydrogens is 323 g/mol. The van der Waals surface area contributed by atoms with Gasteiger partial charge in [-0.2, -0.15) is 0 Å². The molecule has 0 aliphatic heterocycles. The van der Waals surface area contributed by atoms with Gasteiger partial charge in [-0.25, -0.2) is 4.39 Å². The minimum atomic E-state index is -1.06. The van der Waals surface area contributed by atoms with E-state index in [9.17, 15) is 9.50 Å². The molecule has 20 heavy (non-hydrogen) atoms. The van der Waals surface area contributed by atoms with Gasteiger partial charge in [0.15, 0.2) is 0 Å². The van der Waals surface area contributed by atoms with Crippen LogP contribution < -0.4 is 4.74 Å². The zero-order valence-electron chi connectivity index (χ0n) is 11.1. The summed E-state index contributed by atoms with van der Waals surface area (Å²) in [6, 6.07) is 11.7. The summed E-state index contributed by atoms with van der Waals surface area (Å²) in [5.41, 5.74) is 0.796. The van der Waals surface area contributed by atoms with E-state index in [0.29, 0.717) is 17.9 Å². The molecule has 0 saturated heterocycles. The van der Waals surface area contributed by atoms with Gasteiger partial charge >= 0.3 is 0 Å². The molecular formula is C16H16BrFO2. The second-order valence-electron chi connectivity index (χ2n) is 4.45. The van der Waals surface area contributed by atoms with Crippen LogP contribution in [0.15, 0.2) is 46.9 Å². The van der Waals surface area contributed by atoms with Gasteiger partial charge in [0.1, 0.15) is 17.7 Å². The van der Waals surface area contributed by atoms with Crippen molar-refractivity contribution in [3.63, 3.8) is 0 Å². The SMILES string of the molecule is CCCOc1ccccc1C(O)c1cc(Br)ccc1F. The fourth-order valence-corrected chi connectivity index (χ4v) is 2.32. The van der Waals surface area contributed by atoms with Crippen LogP contribution in [0.2, 0.25) is 0 Å². The first-order valence-electron chi connectivity index (χ1n) is 6.48. The molecule has 0 spiro atoms. The number of ether oxygens (including phenoxy) is 1. The van der Waals surface area contributed by atoms with E-state index in [1.54, 1.807) is 30.3 Å². The molecule has 0 bridgehead atoms. The van der Waals surface area contributed by atoms with E-state index in [2.05, 4.69) is 15.9 Å². The van der Waals surface area contributed by atoms with E-state index in [-0.39, 0.29) is 5.56 Å². The van der Waals surface area contributed by atoms with E-state index in [1.165, 1.54) is 6.07 Å². The Kier molecular flexibility index (Phi) is 5.15. The van der Waals surface area contributed by atoms with Crippen LogP contribution in [-0.2, 0) is 0 Å². The standard InChI is InChI=1S/C16H16BrFO2/c1-2-9-20-15-6-4-3-5-12(15)16(19)13-10-11(17)7-8-14(13)18/h3-8,10,16,19H,2,9H2,1H3. The number of aliphatic hydroxyl groups excluding tert-OH is 1. The summed E-state index contributed by atoms with van der Waals surface area (Å²) in [7, 11) is 0. The van der Waals surface area contributed by atoms with Gasteiger partial charge in [0.05, 0.1) is 6.61 Å². The fraction of sp³-hybridized carbons (Fsp3) is 0.250. The van der Waals surface area contributed by atoms with Crippen molar-refractivity contribution in [1.29, 1.82) is 0 Å². The molecule has 0 amide bonds. The lowest BCUT2D eigenvalue weighted by Crippen LogP contribution is -2.06. The maximum Gasteiger partial charge on any atom is 0.129 e. The quantitative estimate of drug-likeness (QED) is 0.872. The van der Waals surface area contributed by atoms with Crippen LogP contribution in [0.25, 0.3) is 0 Å². The topological polar surface area (TPSA) is 29.5 Å². The Morgan fingerprint density at radius 1 is 1.20 bits per heavy atom. The predicted octanol–water partition coefficient (Wildman–Crippen LogP) is 4.46. The molecule has 0 aliphatic rings. The summed E-state index contributed by atoms with van der Waals surface area (Å²) < 4.78 is 20.2. The molecule has 2 nitrogen and oxygen atoms in total. The summed E-state index contributed by atoms with van der Waals surface area (Å²) in [4.78, 5) is 0. The largest absolute Gasteiger partial charge is 0.493 e. The molecule has 2 rings (SSSR count). The third-order valence-electron chi connectivity index (χ3n) is 2.93. The molecule has 0 fully saturated rings. The molecule has 0 saturated carbocycles. The van der Waals surface area contributed by atoms with Gasteiger partial charge in [-0.15, -0.1) is 0 Å². The number of hydrogen-bond donors (Lipinski definition) is 1. The zero-order valence-corrected chi connectivity index (χ0v) is 12.7. The number of benzene rings is 2. The first-order chi connectivity index (χ1) is 9.63. The Morgan fingerprint density at radius 2 is 1.95 bits per heavy atom. The van der Waals surface area contributed by atoms with Crippen molar-refractivity contribution in [2.45, 2.75) is 19.4 Å². The molecule has 1 N–H and O–H groups in total. The third kappa shape index (κ3) is 3.38.